The fourth-order valence-electron chi connectivity index (χ4n) is 6.33. The van der Waals surface area contributed by atoms with Gasteiger partial charge in [-0.05, 0) is 49.9 Å². The quantitative estimate of drug-likeness (QED) is 0.285. The Hall–Kier alpha value is -3.94. The summed E-state index contributed by atoms with van der Waals surface area (Å²) in [6.07, 6.45) is 4.16. The fourth-order valence-corrected chi connectivity index (χ4v) is 6.60. The minimum Gasteiger partial charge on any atom is -0.463 e. The molecule has 1 saturated heterocycles. The molecule has 3 heterocycles. The number of aromatic nitrogens is 2. The lowest BCUT2D eigenvalue weighted by Gasteiger charge is -2.41. The lowest BCUT2D eigenvalue weighted by molar-refractivity contribution is -0.128. The number of anilines is 2. The maximum absolute atomic E-state index is 14.5. The molecule has 3 aliphatic rings. The smallest absolute Gasteiger partial charge is 0.318 e. The van der Waals surface area contributed by atoms with Crippen LogP contribution in [0.3, 0.4) is 0 Å². The highest BCUT2D eigenvalue weighted by Crippen LogP contribution is 2.45. The number of nitrogens with zero attached hydrogens (tertiary/aromatic N) is 6. The molecule has 0 bridgehead atoms. The Morgan fingerprint density at radius 3 is 2.84 bits per heavy atom. The average molecular weight is 604 g/mol. The number of carbonyl (C=O) groups is 1. The van der Waals surface area contributed by atoms with Crippen molar-refractivity contribution in [2.24, 2.45) is 5.41 Å². The van der Waals surface area contributed by atoms with Gasteiger partial charge in [0.15, 0.2) is 0 Å². The average Bonchev–Trinajstić information content (AvgIpc) is 3.80. The molecular weight excluding hydrogens is 569 g/mol. The molecule has 2 aliphatic heterocycles. The molecule has 224 valence electrons. The van der Waals surface area contributed by atoms with Crippen LogP contribution < -0.4 is 19.9 Å². The largest absolute Gasteiger partial charge is 0.463 e. The predicted molar refractivity (Wildman–Crippen MR) is 166 cm³/mol. The number of hydrogen-bond acceptors (Lipinski definition) is 7. The van der Waals surface area contributed by atoms with Crippen molar-refractivity contribution < 1.29 is 13.9 Å². The van der Waals surface area contributed by atoms with E-state index in [-0.39, 0.29) is 28.9 Å². The molecule has 3 aromatic rings. The molecule has 2 aromatic carbocycles. The number of amides is 1. The number of ether oxygens (including phenoxy) is 1. The van der Waals surface area contributed by atoms with Crippen LogP contribution >= 0.6 is 11.6 Å². The minimum atomic E-state index is -0.446. The van der Waals surface area contributed by atoms with Gasteiger partial charge < -0.3 is 29.6 Å². The molecule has 43 heavy (non-hydrogen) atoms. The van der Waals surface area contributed by atoms with E-state index in [2.05, 4.69) is 26.5 Å². The van der Waals surface area contributed by atoms with Crippen molar-refractivity contribution in [3.63, 3.8) is 0 Å². The lowest BCUT2D eigenvalue weighted by atomic mass is 10.0. The number of piperazine rings is 1. The maximum Gasteiger partial charge on any atom is 0.318 e. The van der Waals surface area contributed by atoms with E-state index in [4.69, 9.17) is 32.9 Å². The Morgan fingerprint density at radius 1 is 1.26 bits per heavy atom. The fraction of sp³-hybridized carbons (Fsp3) is 0.438. The van der Waals surface area contributed by atoms with Gasteiger partial charge in [-0.15, -0.1) is 0 Å². The van der Waals surface area contributed by atoms with Crippen molar-refractivity contribution in [1.29, 1.82) is 0 Å². The van der Waals surface area contributed by atoms with Gasteiger partial charge in [0.05, 0.1) is 23.9 Å². The van der Waals surface area contributed by atoms with Gasteiger partial charge in [-0.1, -0.05) is 36.4 Å². The van der Waals surface area contributed by atoms with Crippen LogP contribution in [0.15, 0.2) is 43.0 Å². The van der Waals surface area contributed by atoms with Crippen LogP contribution in [-0.4, -0.2) is 79.7 Å². The van der Waals surface area contributed by atoms with Crippen molar-refractivity contribution in [1.82, 2.24) is 20.2 Å². The highest BCUT2D eigenvalue weighted by Gasteiger charge is 2.43. The molecule has 0 spiro atoms. The number of benzene rings is 2. The van der Waals surface area contributed by atoms with Gasteiger partial charge in [-0.3, -0.25) is 4.79 Å². The molecule has 6 rings (SSSR count). The molecule has 11 heteroatoms. The second kappa shape index (κ2) is 12.0. The van der Waals surface area contributed by atoms with Gasteiger partial charge in [-0.2, -0.15) is 9.97 Å². The molecule has 1 N–H and O–H groups in total. The summed E-state index contributed by atoms with van der Waals surface area (Å²) in [5, 5.41) is 4.94. The van der Waals surface area contributed by atoms with Crippen molar-refractivity contribution in [2.75, 3.05) is 62.7 Å². The van der Waals surface area contributed by atoms with E-state index in [1.165, 1.54) is 12.1 Å². The summed E-state index contributed by atoms with van der Waals surface area (Å²) in [7, 11) is 1.95. The molecule has 9 nitrogen and oxygen atoms in total. The number of halogens is 2. The zero-order chi connectivity index (χ0) is 30.1. The highest BCUT2D eigenvalue weighted by molar-refractivity contribution is 6.36. The van der Waals surface area contributed by atoms with E-state index in [0.717, 1.165) is 47.5 Å². The van der Waals surface area contributed by atoms with Crippen molar-refractivity contribution >= 4 is 39.8 Å². The third-order valence-electron chi connectivity index (χ3n) is 8.83. The summed E-state index contributed by atoms with van der Waals surface area (Å²) < 4.78 is 20.8. The van der Waals surface area contributed by atoms with E-state index >= 15 is 0 Å². The number of rotatable bonds is 9. The first-order chi connectivity index (χ1) is 20.9. The first-order valence-corrected chi connectivity index (χ1v) is 15.0. The summed E-state index contributed by atoms with van der Waals surface area (Å²) in [6.45, 7) is 15.4. The van der Waals surface area contributed by atoms with E-state index < -0.39 is 5.82 Å². The maximum atomic E-state index is 14.5. The van der Waals surface area contributed by atoms with Crippen molar-refractivity contribution in [3.8, 4) is 6.01 Å². The Balaban J connectivity index is 1.35. The second-order valence-corrected chi connectivity index (χ2v) is 12.0. The van der Waals surface area contributed by atoms with Crippen LogP contribution in [0, 0.1) is 17.8 Å². The third-order valence-corrected chi connectivity index (χ3v) is 9.20. The van der Waals surface area contributed by atoms with Crippen molar-refractivity contribution in [3.05, 3.63) is 76.5 Å². The zero-order valence-electron chi connectivity index (χ0n) is 24.3. The summed E-state index contributed by atoms with van der Waals surface area (Å²) in [6, 6.07) is 9.06. The molecule has 1 saturated carbocycles. The van der Waals surface area contributed by atoms with E-state index in [9.17, 15) is 9.18 Å². The monoisotopic (exact) mass is 603 g/mol. The number of hydrogen-bond donors (Lipinski definition) is 1. The summed E-state index contributed by atoms with van der Waals surface area (Å²) in [4.78, 5) is 32.1. The molecule has 0 radical (unpaired) electrons. The second-order valence-electron chi connectivity index (χ2n) is 11.7. The third kappa shape index (κ3) is 5.71. The molecular formula is C32H35ClFN7O2. The number of fused-ring (bicyclic) bond motifs is 2. The zero-order valence-corrected chi connectivity index (χ0v) is 25.0. The Bertz CT molecular complexity index is 1600. The van der Waals surface area contributed by atoms with Crippen molar-refractivity contribution in [2.45, 2.75) is 31.8 Å². The predicted octanol–water partition coefficient (Wildman–Crippen LogP) is 4.49. The number of nitrogens with one attached hydrogen (secondary N) is 1. The first-order valence-electron chi connectivity index (χ1n) is 14.7. The standard InChI is InChI=1S/C32H35ClFN7O2/c1-4-27(42)41-15-14-40(17-22(41)16-35-2)30-23-10-13-39(26-7-5-6-21-8-9-24(34)29(33)28(21)26)18-25(23)37-31(38-30)43-20-32(11-12-32)19-36-3/h4-9,22,36H,1,10-20H2,3H3/t22-/m0/s1. The van der Waals surface area contributed by atoms with Crippen LogP contribution in [0.2, 0.25) is 5.02 Å². The SMILES string of the molecule is [C-]#[N+]C[C@H]1CN(c2nc(OCC3(CNC)CC3)nc3c2CCN(c2cccc4ccc(F)c(Cl)c24)C3)CCN1C(=O)C=C. The molecule has 1 aromatic heterocycles. The summed E-state index contributed by atoms with van der Waals surface area (Å²) in [5.41, 5.74) is 2.83. The number of carbonyl (C=O) groups excluding carboxylic acids is 1. The Kier molecular flexibility index (Phi) is 8.12. The summed E-state index contributed by atoms with van der Waals surface area (Å²) >= 11 is 6.49. The lowest BCUT2D eigenvalue weighted by Crippen LogP contribution is -2.56. The van der Waals surface area contributed by atoms with Gasteiger partial charge in [-0.25, -0.2) is 11.0 Å². The van der Waals surface area contributed by atoms with E-state index in [0.29, 0.717) is 57.1 Å². The summed E-state index contributed by atoms with van der Waals surface area (Å²) in [5.74, 6) is 0.181. The van der Waals surface area contributed by atoms with Gasteiger partial charge in [0.2, 0.25) is 12.5 Å². The van der Waals surface area contributed by atoms with Crippen LogP contribution in [0.25, 0.3) is 15.6 Å². The van der Waals surface area contributed by atoms with Gasteiger partial charge in [0.25, 0.3) is 0 Å². The highest BCUT2D eigenvalue weighted by atomic mass is 35.5. The molecule has 0 unspecified atom stereocenters. The molecule has 1 atom stereocenters. The van der Waals surface area contributed by atoms with Crippen LogP contribution in [0.5, 0.6) is 6.01 Å². The van der Waals surface area contributed by atoms with Gasteiger partial charge in [0.1, 0.15) is 17.7 Å². The molecule has 2 fully saturated rings. The molecule has 1 amide bonds. The molecule has 1 aliphatic carbocycles. The Morgan fingerprint density at radius 2 is 2.09 bits per heavy atom. The van der Waals surface area contributed by atoms with Crippen LogP contribution in [0.4, 0.5) is 15.9 Å². The van der Waals surface area contributed by atoms with Gasteiger partial charge in [0, 0.05) is 54.8 Å². The van der Waals surface area contributed by atoms with Gasteiger partial charge >= 0.3 is 6.01 Å². The topological polar surface area (TPSA) is 78.2 Å². The van der Waals surface area contributed by atoms with E-state index in [1.807, 2.05) is 25.2 Å². The Labute approximate surface area is 256 Å². The van der Waals surface area contributed by atoms with Crippen LogP contribution in [0.1, 0.15) is 24.1 Å². The van der Waals surface area contributed by atoms with Crippen LogP contribution in [-0.2, 0) is 17.8 Å². The first kappa shape index (κ1) is 29.1. The normalized spacial score (nSPS) is 19.1. The minimum absolute atomic E-state index is 0.0986. The van der Waals surface area contributed by atoms with E-state index in [1.54, 1.807) is 11.0 Å².